The summed E-state index contributed by atoms with van der Waals surface area (Å²) in [6.45, 7) is 8.07. The van der Waals surface area contributed by atoms with Gasteiger partial charge in [-0.2, -0.15) is 13.2 Å². The molecule has 166 valence electrons. The summed E-state index contributed by atoms with van der Waals surface area (Å²) in [7, 11) is 0. The number of hydrogen-bond acceptors (Lipinski definition) is 4. The summed E-state index contributed by atoms with van der Waals surface area (Å²) in [5.74, 6) is 0.699. The zero-order chi connectivity index (χ0) is 23.0. The molecule has 0 radical (unpaired) electrons. The number of rotatable bonds is 5. The summed E-state index contributed by atoms with van der Waals surface area (Å²) in [5.41, 5.74) is 4.14. The van der Waals surface area contributed by atoms with E-state index >= 15 is 0 Å². The first-order valence-electron chi connectivity index (χ1n) is 10.2. The van der Waals surface area contributed by atoms with Crippen LogP contribution in [0.15, 0.2) is 59.6 Å². The fraction of sp³-hybridized carbons (Fsp3) is 0.250. The molecule has 2 heterocycles. The van der Waals surface area contributed by atoms with Crippen LogP contribution in [-0.2, 0) is 6.18 Å². The number of alkyl halides is 3. The van der Waals surface area contributed by atoms with Gasteiger partial charge in [-0.05, 0) is 63.1 Å². The van der Waals surface area contributed by atoms with Crippen LogP contribution in [0.1, 0.15) is 29.5 Å². The average molecular weight is 440 g/mol. The SMILES string of the molecule is CCN(c1ccc(-n2ccnc2)c(C(F)(F)F)c1)c1cc(-c2c(C)noc2C)ccc1C. The Hall–Kier alpha value is -3.55. The number of nitrogens with zero attached hydrogens (tertiary/aromatic N) is 4. The molecule has 0 amide bonds. The Labute approximate surface area is 184 Å². The van der Waals surface area contributed by atoms with E-state index in [1.807, 2.05) is 50.8 Å². The molecule has 0 saturated carbocycles. The lowest BCUT2D eigenvalue weighted by atomic mass is 10.0. The van der Waals surface area contributed by atoms with Crippen LogP contribution in [0, 0.1) is 20.8 Å². The Morgan fingerprint density at radius 2 is 1.84 bits per heavy atom. The van der Waals surface area contributed by atoms with Gasteiger partial charge in [0.2, 0.25) is 0 Å². The minimum absolute atomic E-state index is 0.0380. The number of hydrogen-bond donors (Lipinski definition) is 0. The van der Waals surface area contributed by atoms with Crippen LogP contribution in [0.25, 0.3) is 16.8 Å². The molecular weight excluding hydrogens is 417 g/mol. The van der Waals surface area contributed by atoms with Crippen LogP contribution in [0.3, 0.4) is 0 Å². The van der Waals surface area contributed by atoms with Gasteiger partial charge in [0, 0.05) is 35.9 Å². The predicted octanol–water partition coefficient (Wildman–Crippen LogP) is 6.63. The normalized spacial score (nSPS) is 11.7. The van der Waals surface area contributed by atoms with Gasteiger partial charge in [0.15, 0.2) is 0 Å². The second-order valence-electron chi connectivity index (χ2n) is 7.61. The summed E-state index contributed by atoms with van der Waals surface area (Å²) in [6.07, 6.45) is -0.198. The van der Waals surface area contributed by atoms with Gasteiger partial charge < -0.3 is 14.0 Å². The maximum atomic E-state index is 13.9. The van der Waals surface area contributed by atoms with Crippen molar-refractivity contribution in [3.63, 3.8) is 0 Å². The number of aromatic nitrogens is 3. The van der Waals surface area contributed by atoms with Gasteiger partial charge in [0.25, 0.3) is 0 Å². The molecule has 0 N–H and O–H groups in total. The lowest BCUT2D eigenvalue weighted by Gasteiger charge is -2.27. The number of benzene rings is 2. The minimum atomic E-state index is -4.51. The molecule has 0 fully saturated rings. The van der Waals surface area contributed by atoms with Crippen molar-refractivity contribution in [3.05, 3.63) is 77.7 Å². The maximum absolute atomic E-state index is 13.9. The third-order valence-corrected chi connectivity index (χ3v) is 5.52. The molecule has 8 heteroatoms. The second-order valence-corrected chi connectivity index (χ2v) is 7.61. The quantitative estimate of drug-likeness (QED) is 0.349. The van der Waals surface area contributed by atoms with Crippen LogP contribution >= 0.6 is 0 Å². The van der Waals surface area contributed by atoms with Crippen LogP contribution < -0.4 is 4.90 Å². The second kappa shape index (κ2) is 8.18. The Bertz CT molecular complexity index is 1220. The first kappa shape index (κ1) is 21.7. The third kappa shape index (κ3) is 3.88. The van der Waals surface area contributed by atoms with Crippen LogP contribution in [0.4, 0.5) is 24.5 Å². The third-order valence-electron chi connectivity index (χ3n) is 5.52. The number of anilines is 2. The van der Waals surface area contributed by atoms with Crippen molar-refractivity contribution in [1.29, 1.82) is 0 Å². The number of imidazole rings is 1. The lowest BCUT2D eigenvalue weighted by Crippen LogP contribution is -2.19. The highest BCUT2D eigenvalue weighted by atomic mass is 19.4. The lowest BCUT2D eigenvalue weighted by molar-refractivity contribution is -0.137. The summed E-state index contributed by atoms with van der Waals surface area (Å²) >= 11 is 0. The predicted molar refractivity (Wildman–Crippen MR) is 117 cm³/mol. The molecule has 0 unspecified atom stereocenters. The van der Waals surface area contributed by atoms with E-state index in [1.54, 1.807) is 6.07 Å². The van der Waals surface area contributed by atoms with E-state index < -0.39 is 11.7 Å². The molecule has 0 bridgehead atoms. The average Bonchev–Trinajstić information content (AvgIpc) is 3.39. The van der Waals surface area contributed by atoms with Gasteiger partial charge in [-0.15, -0.1) is 0 Å². The van der Waals surface area contributed by atoms with E-state index in [0.29, 0.717) is 18.0 Å². The van der Waals surface area contributed by atoms with Crippen molar-refractivity contribution in [2.24, 2.45) is 0 Å². The Kier molecular flexibility index (Phi) is 5.54. The van der Waals surface area contributed by atoms with Crippen LogP contribution in [0.2, 0.25) is 0 Å². The highest BCUT2D eigenvalue weighted by Gasteiger charge is 2.35. The molecule has 0 spiro atoms. The zero-order valence-electron chi connectivity index (χ0n) is 18.2. The molecule has 0 aliphatic heterocycles. The highest BCUT2D eigenvalue weighted by molar-refractivity contribution is 5.77. The first-order chi connectivity index (χ1) is 15.2. The molecule has 2 aromatic heterocycles. The topological polar surface area (TPSA) is 47.1 Å². The van der Waals surface area contributed by atoms with E-state index in [9.17, 15) is 13.2 Å². The molecule has 5 nitrogen and oxygen atoms in total. The van der Waals surface area contributed by atoms with Crippen molar-refractivity contribution in [3.8, 4) is 16.8 Å². The summed E-state index contributed by atoms with van der Waals surface area (Å²) in [5, 5.41) is 4.02. The zero-order valence-corrected chi connectivity index (χ0v) is 18.2. The molecule has 2 aromatic carbocycles. The molecule has 0 saturated heterocycles. The Morgan fingerprint density at radius 1 is 1.06 bits per heavy atom. The number of halogens is 3. The van der Waals surface area contributed by atoms with E-state index in [1.165, 1.54) is 35.4 Å². The van der Waals surface area contributed by atoms with Crippen molar-refractivity contribution >= 4 is 11.4 Å². The molecule has 0 aliphatic carbocycles. The van der Waals surface area contributed by atoms with Crippen LogP contribution in [-0.4, -0.2) is 21.3 Å². The van der Waals surface area contributed by atoms with Gasteiger partial charge >= 0.3 is 6.18 Å². The Balaban J connectivity index is 1.84. The van der Waals surface area contributed by atoms with Gasteiger partial charge in [0.05, 0.1) is 23.3 Å². The van der Waals surface area contributed by atoms with Crippen molar-refractivity contribution < 1.29 is 17.7 Å². The summed E-state index contributed by atoms with van der Waals surface area (Å²) in [4.78, 5) is 5.75. The van der Waals surface area contributed by atoms with Crippen molar-refractivity contribution in [2.45, 2.75) is 33.9 Å². The van der Waals surface area contributed by atoms with E-state index in [4.69, 9.17) is 4.52 Å². The van der Waals surface area contributed by atoms with Gasteiger partial charge in [-0.25, -0.2) is 4.98 Å². The molecule has 4 aromatic rings. The first-order valence-corrected chi connectivity index (χ1v) is 10.2. The summed E-state index contributed by atoms with van der Waals surface area (Å²) < 4.78 is 48.5. The van der Waals surface area contributed by atoms with Crippen molar-refractivity contribution in [1.82, 2.24) is 14.7 Å². The van der Waals surface area contributed by atoms with E-state index in [-0.39, 0.29) is 5.69 Å². The molecule has 0 aliphatic rings. The largest absolute Gasteiger partial charge is 0.418 e. The summed E-state index contributed by atoms with van der Waals surface area (Å²) in [6, 6.07) is 10.3. The monoisotopic (exact) mass is 440 g/mol. The fourth-order valence-corrected chi connectivity index (χ4v) is 3.99. The van der Waals surface area contributed by atoms with Crippen LogP contribution in [0.5, 0.6) is 0 Å². The van der Waals surface area contributed by atoms with Gasteiger partial charge in [-0.1, -0.05) is 17.3 Å². The van der Waals surface area contributed by atoms with E-state index in [0.717, 1.165) is 28.1 Å². The highest BCUT2D eigenvalue weighted by Crippen LogP contribution is 2.39. The fourth-order valence-electron chi connectivity index (χ4n) is 3.99. The molecular formula is C24H23F3N4O. The maximum Gasteiger partial charge on any atom is 0.418 e. The van der Waals surface area contributed by atoms with E-state index in [2.05, 4.69) is 10.1 Å². The Morgan fingerprint density at radius 3 is 2.44 bits per heavy atom. The molecule has 32 heavy (non-hydrogen) atoms. The number of aryl methyl sites for hydroxylation is 3. The molecule has 4 rings (SSSR count). The van der Waals surface area contributed by atoms with Gasteiger partial charge in [0.1, 0.15) is 5.76 Å². The van der Waals surface area contributed by atoms with Gasteiger partial charge in [-0.3, -0.25) is 0 Å². The minimum Gasteiger partial charge on any atom is -0.361 e. The standard InChI is InChI=1S/C24H23F3N4O/c1-5-31(22-12-18(7-6-15(22)2)23-16(3)29-32-17(23)4)19-8-9-21(30-11-10-28-14-30)20(13-19)24(25,26)27/h6-14H,5H2,1-4H3. The van der Waals surface area contributed by atoms with Crippen molar-refractivity contribution in [2.75, 3.05) is 11.4 Å². The smallest absolute Gasteiger partial charge is 0.361 e. The molecule has 0 atom stereocenters.